The van der Waals surface area contributed by atoms with Crippen molar-refractivity contribution in [2.75, 3.05) is 39.9 Å². The number of aryl methyl sites for hydroxylation is 2. The molecule has 2 saturated heterocycles. The molecule has 1 aromatic rings. The molecule has 2 aliphatic rings. The van der Waals surface area contributed by atoms with Crippen molar-refractivity contribution >= 4 is 5.91 Å². The van der Waals surface area contributed by atoms with Gasteiger partial charge in [0.2, 0.25) is 0 Å². The Balaban J connectivity index is 1.83. The zero-order valence-electron chi connectivity index (χ0n) is 12.4. The molecule has 0 unspecified atom stereocenters. The fourth-order valence-corrected chi connectivity index (χ4v) is 3.20. The van der Waals surface area contributed by atoms with E-state index in [4.69, 9.17) is 4.74 Å². The Morgan fingerprint density at radius 3 is 2.80 bits per heavy atom. The van der Waals surface area contributed by atoms with Crippen molar-refractivity contribution in [3.8, 4) is 0 Å². The summed E-state index contributed by atoms with van der Waals surface area (Å²) in [5, 5.41) is 4.27. The number of aromatic nitrogens is 2. The number of rotatable bonds is 1. The first kappa shape index (κ1) is 13.6. The molecular weight excluding hydrogens is 256 g/mol. The average Bonchev–Trinajstić information content (AvgIpc) is 2.53. The third kappa shape index (κ3) is 2.45. The van der Waals surface area contributed by atoms with Crippen LogP contribution in [0.3, 0.4) is 0 Å². The highest BCUT2D eigenvalue weighted by molar-refractivity contribution is 5.95. The molecule has 6 heteroatoms. The van der Waals surface area contributed by atoms with Gasteiger partial charge < -0.3 is 9.64 Å². The summed E-state index contributed by atoms with van der Waals surface area (Å²) in [6.45, 7) is 5.86. The van der Waals surface area contributed by atoms with Gasteiger partial charge in [-0.1, -0.05) is 0 Å². The van der Waals surface area contributed by atoms with Crippen molar-refractivity contribution in [3.05, 3.63) is 17.5 Å². The van der Waals surface area contributed by atoms with Crippen LogP contribution in [0.1, 0.15) is 16.1 Å². The molecule has 1 aromatic heterocycles. The van der Waals surface area contributed by atoms with Crippen LogP contribution in [0.4, 0.5) is 0 Å². The lowest BCUT2D eigenvalue weighted by molar-refractivity contribution is 0.0433. The summed E-state index contributed by atoms with van der Waals surface area (Å²) >= 11 is 0. The first-order valence-corrected chi connectivity index (χ1v) is 7.12. The second-order valence-corrected chi connectivity index (χ2v) is 6.01. The maximum atomic E-state index is 12.7. The van der Waals surface area contributed by atoms with E-state index in [1.165, 1.54) is 0 Å². The lowest BCUT2D eigenvalue weighted by Gasteiger charge is -2.29. The minimum atomic E-state index is 0.0998. The summed E-state index contributed by atoms with van der Waals surface area (Å²) in [5.41, 5.74) is 1.52. The number of hydrogen-bond donors (Lipinski definition) is 0. The Bertz CT molecular complexity index is 513. The predicted octanol–water partition coefficient (Wildman–Crippen LogP) is 0.131. The minimum absolute atomic E-state index is 0.0998. The summed E-state index contributed by atoms with van der Waals surface area (Å²) in [6, 6.07) is 0.295. The van der Waals surface area contributed by atoms with Crippen LogP contribution in [0.5, 0.6) is 0 Å². The number of carbonyl (C=O) groups excluding carboxylic acids is 1. The molecule has 3 heterocycles. The topological polar surface area (TPSA) is 50.6 Å². The lowest BCUT2D eigenvalue weighted by Crippen LogP contribution is -2.44. The van der Waals surface area contributed by atoms with Crippen LogP contribution in [0.25, 0.3) is 0 Å². The van der Waals surface area contributed by atoms with Gasteiger partial charge in [0.25, 0.3) is 5.91 Å². The number of amides is 1. The van der Waals surface area contributed by atoms with Crippen LogP contribution in [-0.4, -0.2) is 71.4 Å². The summed E-state index contributed by atoms with van der Waals surface area (Å²) in [5.74, 6) is 0.497. The van der Waals surface area contributed by atoms with Gasteiger partial charge in [0.15, 0.2) is 0 Å². The number of carbonyl (C=O) groups is 1. The Hall–Kier alpha value is -1.40. The average molecular weight is 278 g/mol. The highest BCUT2D eigenvalue weighted by Crippen LogP contribution is 2.20. The Morgan fingerprint density at radius 1 is 1.30 bits per heavy atom. The number of nitrogens with zero attached hydrogens (tertiary/aromatic N) is 4. The van der Waals surface area contributed by atoms with Crippen molar-refractivity contribution in [1.82, 2.24) is 19.6 Å². The lowest BCUT2D eigenvalue weighted by atomic mass is 10.1. The highest BCUT2D eigenvalue weighted by Gasteiger charge is 2.34. The van der Waals surface area contributed by atoms with Crippen molar-refractivity contribution in [2.45, 2.75) is 13.0 Å². The van der Waals surface area contributed by atoms with Crippen molar-refractivity contribution in [3.63, 3.8) is 0 Å². The van der Waals surface area contributed by atoms with E-state index in [9.17, 15) is 4.79 Å². The van der Waals surface area contributed by atoms with Crippen molar-refractivity contribution in [1.29, 1.82) is 0 Å². The van der Waals surface area contributed by atoms with E-state index in [0.29, 0.717) is 18.6 Å². The quantitative estimate of drug-likeness (QED) is 0.733. The SMILES string of the molecule is Cc1nn(C)cc1C(=O)N1C[C@@H]2COC[C@H](C1)N(C)C2. The normalized spacial score (nSPS) is 27.4. The van der Waals surface area contributed by atoms with E-state index >= 15 is 0 Å². The number of ether oxygens (including phenoxy) is 1. The van der Waals surface area contributed by atoms with Gasteiger partial charge in [-0.25, -0.2) is 0 Å². The van der Waals surface area contributed by atoms with E-state index in [-0.39, 0.29) is 5.91 Å². The zero-order chi connectivity index (χ0) is 14.3. The van der Waals surface area contributed by atoms with E-state index in [1.807, 2.05) is 25.1 Å². The first-order valence-electron chi connectivity index (χ1n) is 7.12. The van der Waals surface area contributed by atoms with Gasteiger partial charge in [0.1, 0.15) is 0 Å². The van der Waals surface area contributed by atoms with Crippen LogP contribution in [0.15, 0.2) is 6.20 Å². The number of hydrogen-bond acceptors (Lipinski definition) is 4. The Morgan fingerprint density at radius 2 is 2.10 bits per heavy atom. The summed E-state index contributed by atoms with van der Waals surface area (Å²) in [4.78, 5) is 17.0. The van der Waals surface area contributed by atoms with Gasteiger partial charge in [-0.05, 0) is 14.0 Å². The Kier molecular flexibility index (Phi) is 3.52. The molecule has 2 fully saturated rings. The van der Waals surface area contributed by atoms with Gasteiger partial charge in [-0.15, -0.1) is 0 Å². The molecule has 1 amide bonds. The van der Waals surface area contributed by atoms with E-state index < -0.39 is 0 Å². The molecule has 0 aromatic carbocycles. The molecule has 0 radical (unpaired) electrons. The summed E-state index contributed by atoms with van der Waals surface area (Å²) < 4.78 is 7.40. The second kappa shape index (κ2) is 5.18. The molecule has 6 nitrogen and oxygen atoms in total. The third-order valence-electron chi connectivity index (χ3n) is 4.27. The van der Waals surface area contributed by atoms with Gasteiger partial charge >= 0.3 is 0 Å². The van der Waals surface area contributed by atoms with Crippen LogP contribution in [-0.2, 0) is 11.8 Å². The second-order valence-electron chi connectivity index (χ2n) is 6.01. The van der Waals surface area contributed by atoms with Crippen molar-refractivity contribution in [2.24, 2.45) is 13.0 Å². The van der Waals surface area contributed by atoms with E-state index in [1.54, 1.807) is 4.68 Å². The molecule has 110 valence electrons. The van der Waals surface area contributed by atoms with Gasteiger partial charge in [0.05, 0.1) is 30.5 Å². The monoisotopic (exact) mass is 278 g/mol. The molecule has 2 bridgehead atoms. The Labute approximate surface area is 119 Å². The summed E-state index contributed by atoms with van der Waals surface area (Å²) in [7, 11) is 3.97. The highest BCUT2D eigenvalue weighted by atomic mass is 16.5. The smallest absolute Gasteiger partial charge is 0.257 e. The molecular formula is C14H22N4O2. The van der Waals surface area contributed by atoms with Crippen LogP contribution in [0, 0.1) is 12.8 Å². The van der Waals surface area contributed by atoms with Crippen LogP contribution in [0.2, 0.25) is 0 Å². The maximum Gasteiger partial charge on any atom is 0.257 e. The largest absolute Gasteiger partial charge is 0.379 e. The summed E-state index contributed by atoms with van der Waals surface area (Å²) in [6.07, 6.45) is 1.82. The van der Waals surface area contributed by atoms with Crippen LogP contribution < -0.4 is 0 Å². The zero-order valence-corrected chi connectivity index (χ0v) is 12.4. The van der Waals surface area contributed by atoms with E-state index in [0.717, 1.165) is 37.5 Å². The fraction of sp³-hybridized carbons (Fsp3) is 0.714. The molecule has 0 aliphatic carbocycles. The first-order chi connectivity index (χ1) is 9.54. The minimum Gasteiger partial charge on any atom is -0.379 e. The molecule has 20 heavy (non-hydrogen) atoms. The molecule has 0 N–H and O–H groups in total. The molecule has 2 aliphatic heterocycles. The fourth-order valence-electron chi connectivity index (χ4n) is 3.20. The van der Waals surface area contributed by atoms with E-state index in [2.05, 4.69) is 17.0 Å². The van der Waals surface area contributed by atoms with Crippen LogP contribution >= 0.6 is 0 Å². The molecule has 0 saturated carbocycles. The van der Waals surface area contributed by atoms with Gasteiger partial charge in [-0.3, -0.25) is 14.4 Å². The standard InChI is InChI=1S/C14H22N4O2/c1-10-13(7-17(3)15-10)14(19)18-5-11-4-16(2)12(6-18)9-20-8-11/h7,11-12H,4-6,8-9H2,1-3H3/t11-,12+/m1/s1. The predicted molar refractivity (Wildman–Crippen MR) is 74.6 cm³/mol. The van der Waals surface area contributed by atoms with Gasteiger partial charge in [0, 0.05) is 38.8 Å². The molecule has 0 spiro atoms. The molecule has 3 rings (SSSR count). The van der Waals surface area contributed by atoms with Crippen molar-refractivity contribution < 1.29 is 9.53 Å². The molecule has 2 atom stereocenters. The van der Waals surface area contributed by atoms with Gasteiger partial charge in [-0.2, -0.15) is 5.10 Å². The third-order valence-corrected chi connectivity index (χ3v) is 4.27. The maximum absolute atomic E-state index is 12.7. The number of likely N-dealkylation sites (N-methyl/N-ethyl adjacent to an activating group) is 1. The number of fused-ring (bicyclic) bond motifs is 3.